The lowest BCUT2D eigenvalue weighted by Crippen LogP contribution is -2.41. The Morgan fingerprint density at radius 2 is 1.59 bits per heavy atom. The van der Waals surface area contributed by atoms with Crippen LogP contribution in [0.5, 0.6) is 0 Å². The minimum Gasteiger partial charge on any atom is -0.382 e. The Morgan fingerprint density at radius 1 is 0.927 bits per heavy atom. The molecule has 13 heteroatoms. The summed E-state index contributed by atoms with van der Waals surface area (Å²) in [7, 11) is 0. The lowest BCUT2D eigenvalue weighted by atomic mass is 9.99. The van der Waals surface area contributed by atoms with E-state index in [9.17, 15) is 35.9 Å². The number of benzene rings is 2. The van der Waals surface area contributed by atoms with Crippen molar-refractivity contribution < 1.29 is 40.7 Å². The molecule has 222 valence electrons. The predicted molar refractivity (Wildman–Crippen MR) is 142 cm³/mol. The normalized spacial score (nSPS) is 17.2. The Balaban J connectivity index is 1.60. The Kier molecular flexibility index (Phi) is 9.58. The maximum Gasteiger partial charge on any atom is 0.418 e. The second-order valence-corrected chi connectivity index (χ2v) is 10.8. The molecule has 2 aliphatic heterocycles. The third-order valence-electron chi connectivity index (χ3n) is 6.87. The number of carbonyl (C=O) groups is 2. The number of nitrogens with one attached hydrogen (secondary N) is 1. The van der Waals surface area contributed by atoms with Gasteiger partial charge in [-0.2, -0.15) is 26.3 Å². The van der Waals surface area contributed by atoms with Crippen LogP contribution < -0.4 is 5.32 Å². The van der Waals surface area contributed by atoms with E-state index in [-0.39, 0.29) is 38.3 Å². The van der Waals surface area contributed by atoms with Crippen LogP contribution in [0.1, 0.15) is 36.5 Å². The molecule has 6 nitrogen and oxygen atoms in total. The quantitative estimate of drug-likeness (QED) is 0.317. The first kappa shape index (κ1) is 30.8. The van der Waals surface area contributed by atoms with Crippen molar-refractivity contribution in [3.05, 3.63) is 59.2 Å². The van der Waals surface area contributed by atoms with Crippen molar-refractivity contribution >= 4 is 35.3 Å². The summed E-state index contributed by atoms with van der Waals surface area (Å²) in [5.41, 5.74) is -3.77. The molecular weight excluding hydrogens is 572 g/mol. The highest BCUT2D eigenvalue weighted by Gasteiger charge is 2.46. The zero-order valence-corrected chi connectivity index (χ0v) is 23.0. The molecule has 4 rings (SSSR count). The second kappa shape index (κ2) is 12.8. The van der Waals surface area contributed by atoms with Gasteiger partial charge in [0.2, 0.25) is 11.8 Å². The summed E-state index contributed by atoms with van der Waals surface area (Å²) in [4.78, 5) is 26.8. The maximum atomic E-state index is 14.2. The summed E-state index contributed by atoms with van der Waals surface area (Å²) in [6.07, 6.45) is -7.63. The lowest BCUT2D eigenvalue weighted by Gasteiger charge is -2.32. The number of hydrogen-bond acceptors (Lipinski definition) is 5. The largest absolute Gasteiger partial charge is 0.418 e. The number of rotatable bonds is 6. The smallest absolute Gasteiger partial charge is 0.382 e. The van der Waals surface area contributed by atoms with Gasteiger partial charge < -0.3 is 19.9 Å². The van der Waals surface area contributed by atoms with E-state index in [0.29, 0.717) is 48.3 Å². The minimum absolute atomic E-state index is 0.00856. The van der Waals surface area contributed by atoms with Gasteiger partial charge in [-0.1, -0.05) is 23.9 Å². The molecule has 0 radical (unpaired) electrons. The fourth-order valence-electron chi connectivity index (χ4n) is 4.81. The van der Waals surface area contributed by atoms with Crippen molar-refractivity contribution in [2.24, 2.45) is 0 Å². The molecule has 2 amide bonds. The number of hydrogen-bond donors (Lipinski definition) is 1. The van der Waals surface area contributed by atoms with Crippen molar-refractivity contribution in [3.8, 4) is 0 Å². The molecule has 0 saturated carbocycles. The van der Waals surface area contributed by atoms with Crippen molar-refractivity contribution in [1.82, 2.24) is 9.80 Å². The van der Waals surface area contributed by atoms with Crippen LogP contribution in [0.15, 0.2) is 52.3 Å². The van der Waals surface area contributed by atoms with Crippen LogP contribution in [0.4, 0.5) is 32.0 Å². The molecule has 0 atom stereocenters. The molecule has 2 aromatic carbocycles. The number of alkyl halides is 6. The van der Waals surface area contributed by atoms with Crippen molar-refractivity contribution in [3.63, 3.8) is 0 Å². The summed E-state index contributed by atoms with van der Waals surface area (Å²) in [5.74, 6) is -0.615. The van der Waals surface area contributed by atoms with Gasteiger partial charge in [0.05, 0.1) is 24.3 Å². The third-order valence-corrected chi connectivity index (χ3v) is 7.92. The van der Waals surface area contributed by atoms with Gasteiger partial charge in [-0.15, -0.1) is 0 Å². The topological polar surface area (TPSA) is 61.9 Å². The van der Waals surface area contributed by atoms with E-state index in [1.807, 2.05) is 0 Å². The van der Waals surface area contributed by atoms with Crippen molar-refractivity contribution in [2.45, 2.75) is 48.0 Å². The van der Waals surface area contributed by atoms with Crippen molar-refractivity contribution in [2.75, 3.05) is 44.7 Å². The summed E-state index contributed by atoms with van der Waals surface area (Å²) in [6, 6.07) is 8.45. The Hall–Kier alpha value is -3.19. The summed E-state index contributed by atoms with van der Waals surface area (Å²) >= 11 is 0.582. The first-order valence-electron chi connectivity index (χ1n) is 13.0. The number of ether oxygens (including phenoxy) is 1. The molecule has 0 unspecified atom stereocenters. The molecule has 0 aromatic heterocycles. The highest BCUT2D eigenvalue weighted by molar-refractivity contribution is 7.99. The van der Waals surface area contributed by atoms with Crippen LogP contribution in [-0.4, -0.2) is 67.0 Å². The Morgan fingerprint density at radius 3 is 2.20 bits per heavy atom. The lowest BCUT2D eigenvalue weighted by molar-refractivity contribution is -0.163. The van der Waals surface area contributed by atoms with E-state index in [1.54, 1.807) is 23.1 Å². The summed E-state index contributed by atoms with van der Waals surface area (Å²) < 4.78 is 90.3. The van der Waals surface area contributed by atoms with E-state index in [0.717, 1.165) is 24.3 Å². The fraction of sp³-hybridized carbons (Fsp3) is 0.429. The number of piperidine rings is 1. The standard InChI is InChI=1S/C28H29F6N3O3S/c1-18(38)36-11-9-20(10-12-36)35-21-3-2-4-22(17-21)41-23-7-5-19(6-8-24(39)37-13-15-40-16-14-37)25(27(29,30)31)26(23)28(32,33)34/h2-8,17,20,35H,9-16H2,1H3/b8-6+. The molecule has 2 aliphatic rings. The predicted octanol–water partition coefficient (Wildman–Crippen LogP) is 6.17. The van der Waals surface area contributed by atoms with E-state index < -0.39 is 39.8 Å². The number of anilines is 1. The van der Waals surface area contributed by atoms with Crippen LogP contribution in [-0.2, 0) is 26.7 Å². The van der Waals surface area contributed by atoms with Gasteiger partial charge >= 0.3 is 12.4 Å². The second-order valence-electron chi connectivity index (χ2n) is 9.72. The molecule has 2 aromatic rings. The molecule has 2 saturated heterocycles. The minimum atomic E-state index is -5.33. The molecule has 0 aliphatic carbocycles. The number of amides is 2. The monoisotopic (exact) mass is 601 g/mol. The number of carbonyl (C=O) groups excluding carboxylic acids is 2. The zero-order valence-electron chi connectivity index (χ0n) is 22.1. The molecule has 2 heterocycles. The van der Waals surface area contributed by atoms with Gasteiger partial charge in [-0.3, -0.25) is 9.59 Å². The van der Waals surface area contributed by atoms with Gasteiger partial charge in [0.15, 0.2) is 0 Å². The molecule has 0 bridgehead atoms. The maximum absolute atomic E-state index is 14.2. The Bertz CT molecular complexity index is 1280. The van der Waals surface area contributed by atoms with Crippen LogP contribution in [0.2, 0.25) is 0 Å². The molecular formula is C28H29F6N3O3S. The Labute approximate surface area is 237 Å². The van der Waals surface area contributed by atoms with Crippen molar-refractivity contribution in [1.29, 1.82) is 0 Å². The fourth-order valence-corrected chi connectivity index (χ4v) is 5.85. The van der Waals surface area contributed by atoms with Gasteiger partial charge in [-0.05, 0) is 48.7 Å². The highest BCUT2D eigenvalue weighted by Crippen LogP contribution is 2.48. The summed E-state index contributed by atoms with van der Waals surface area (Å²) in [5, 5.41) is 3.30. The molecule has 0 spiro atoms. The zero-order chi connectivity index (χ0) is 29.8. The first-order valence-corrected chi connectivity index (χ1v) is 13.8. The van der Waals surface area contributed by atoms with E-state index in [4.69, 9.17) is 4.74 Å². The van der Waals surface area contributed by atoms with Gasteiger partial charge in [0.1, 0.15) is 0 Å². The van der Waals surface area contributed by atoms with E-state index >= 15 is 0 Å². The average Bonchev–Trinajstić information content (AvgIpc) is 2.91. The SMILES string of the molecule is CC(=O)N1CCC(Nc2cccc(Sc3ccc(/C=C/C(=O)N4CCOCC4)c(C(F)(F)F)c3C(F)(F)F)c2)CC1. The van der Waals surface area contributed by atoms with Crippen LogP contribution in [0.3, 0.4) is 0 Å². The van der Waals surface area contributed by atoms with E-state index in [1.165, 1.54) is 17.9 Å². The number of likely N-dealkylation sites (tertiary alicyclic amines) is 1. The highest BCUT2D eigenvalue weighted by atomic mass is 32.2. The van der Waals surface area contributed by atoms with Gasteiger partial charge in [0, 0.05) is 60.7 Å². The van der Waals surface area contributed by atoms with Crippen LogP contribution in [0.25, 0.3) is 6.08 Å². The van der Waals surface area contributed by atoms with Crippen LogP contribution in [0, 0.1) is 0 Å². The third kappa shape index (κ3) is 7.97. The first-order chi connectivity index (χ1) is 19.3. The number of morpholine rings is 1. The molecule has 41 heavy (non-hydrogen) atoms. The van der Waals surface area contributed by atoms with Gasteiger partial charge in [-0.25, -0.2) is 0 Å². The van der Waals surface area contributed by atoms with E-state index in [2.05, 4.69) is 5.32 Å². The number of nitrogens with zero attached hydrogens (tertiary/aromatic N) is 2. The number of halogens is 6. The average molecular weight is 602 g/mol. The van der Waals surface area contributed by atoms with Gasteiger partial charge in [0.25, 0.3) is 0 Å². The molecule has 2 fully saturated rings. The summed E-state index contributed by atoms with van der Waals surface area (Å²) in [6.45, 7) is 3.68. The molecule has 1 N–H and O–H groups in total. The van der Waals surface area contributed by atoms with Crippen LogP contribution >= 0.6 is 11.8 Å².